The number of para-hydroxylation sites is 2. The monoisotopic (exact) mass is 674 g/mol. The zero-order valence-corrected chi connectivity index (χ0v) is 29.0. The molecule has 10 rings (SSSR count). The van der Waals surface area contributed by atoms with Crippen molar-refractivity contribution in [1.82, 2.24) is 9.55 Å². The van der Waals surface area contributed by atoms with Gasteiger partial charge in [0, 0.05) is 11.3 Å². The molecule has 1 heterocycles. The zero-order valence-electron chi connectivity index (χ0n) is 29.0. The molecule has 0 amide bonds. The number of hydrogen-bond acceptors (Lipinski definition) is 1. The van der Waals surface area contributed by atoms with Crippen molar-refractivity contribution in [1.29, 1.82) is 0 Å². The summed E-state index contributed by atoms with van der Waals surface area (Å²) in [7, 11) is 0. The number of rotatable bonds is 6. The van der Waals surface area contributed by atoms with Gasteiger partial charge < -0.3 is 0 Å². The molecule has 0 saturated carbocycles. The quantitative estimate of drug-likeness (QED) is 0.161. The van der Waals surface area contributed by atoms with Crippen LogP contribution in [0.3, 0.4) is 0 Å². The highest BCUT2D eigenvalue weighted by Crippen LogP contribution is 2.44. The summed E-state index contributed by atoms with van der Waals surface area (Å²) in [6.07, 6.45) is 0. The molecule has 0 unspecified atom stereocenters. The minimum Gasteiger partial charge on any atom is -0.292 e. The molecule has 2 nitrogen and oxygen atoms in total. The van der Waals surface area contributed by atoms with Crippen LogP contribution in [0.4, 0.5) is 0 Å². The van der Waals surface area contributed by atoms with Gasteiger partial charge in [0.2, 0.25) is 0 Å². The normalized spacial score (nSPS) is 11.4. The first-order valence-corrected chi connectivity index (χ1v) is 18.1. The molecular formula is C51H34N2. The fourth-order valence-electron chi connectivity index (χ4n) is 7.96. The van der Waals surface area contributed by atoms with Crippen molar-refractivity contribution in [2.45, 2.75) is 0 Å². The molecule has 53 heavy (non-hydrogen) atoms. The topological polar surface area (TPSA) is 17.8 Å². The number of imidazole rings is 1. The molecular weight excluding hydrogens is 641 g/mol. The van der Waals surface area contributed by atoms with Gasteiger partial charge in [0.1, 0.15) is 5.82 Å². The molecule has 0 bridgehead atoms. The Bertz CT molecular complexity index is 2860. The van der Waals surface area contributed by atoms with Crippen LogP contribution in [0.2, 0.25) is 0 Å². The minimum absolute atomic E-state index is 0.921. The third-order valence-corrected chi connectivity index (χ3v) is 10.4. The van der Waals surface area contributed by atoms with E-state index >= 15 is 0 Å². The Balaban J connectivity index is 1.16. The van der Waals surface area contributed by atoms with E-state index in [4.69, 9.17) is 4.98 Å². The molecule has 0 atom stereocenters. The van der Waals surface area contributed by atoms with Crippen molar-refractivity contribution in [2.75, 3.05) is 0 Å². The van der Waals surface area contributed by atoms with Crippen LogP contribution in [0.5, 0.6) is 0 Å². The van der Waals surface area contributed by atoms with E-state index in [1.807, 2.05) is 0 Å². The number of hydrogen-bond donors (Lipinski definition) is 0. The molecule has 1 aromatic heterocycles. The van der Waals surface area contributed by atoms with Gasteiger partial charge in [-0.15, -0.1) is 0 Å². The van der Waals surface area contributed by atoms with Gasteiger partial charge in [-0.05, 0) is 96.4 Å². The van der Waals surface area contributed by atoms with Crippen LogP contribution in [0.25, 0.3) is 94.2 Å². The Hall–Kier alpha value is -7.03. The molecule has 9 aromatic carbocycles. The van der Waals surface area contributed by atoms with Gasteiger partial charge in [-0.2, -0.15) is 0 Å². The standard InChI is InChI=1S/C51H34N2/c1-3-15-35(16-4-1)37-29-31-38(32-30-37)49-43-23-7-9-25-45(43)50(46-26-10-8-24-44(46)49)40-20-14-22-42(34-40)53-48-28-12-11-27-47(48)52-51(53)41-21-13-19-39(33-41)36-17-5-2-6-18-36/h1-34H. The first-order valence-electron chi connectivity index (χ1n) is 18.1. The second-order valence-corrected chi connectivity index (χ2v) is 13.5. The molecule has 248 valence electrons. The van der Waals surface area contributed by atoms with E-state index in [1.165, 1.54) is 66.1 Å². The van der Waals surface area contributed by atoms with Crippen LogP contribution in [0.1, 0.15) is 0 Å². The largest absolute Gasteiger partial charge is 0.292 e. The first kappa shape index (κ1) is 30.8. The van der Waals surface area contributed by atoms with Crippen LogP contribution in [0.15, 0.2) is 206 Å². The Labute approximate surface area is 308 Å². The van der Waals surface area contributed by atoms with Crippen LogP contribution in [0, 0.1) is 0 Å². The molecule has 10 aromatic rings. The number of nitrogens with zero attached hydrogens (tertiary/aromatic N) is 2. The van der Waals surface area contributed by atoms with Crippen LogP contribution in [-0.4, -0.2) is 9.55 Å². The van der Waals surface area contributed by atoms with Gasteiger partial charge >= 0.3 is 0 Å². The maximum atomic E-state index is 5.23. The van der Waals surface area contributed by atoms with Gasteiger partial charge in [0.25, 0.3) is 0 Å². The second kappa shape index (κ2) is 12.9. The summed E-state index contributed by atoms with van der Waals surface area (Å²) in [5.41, 5.74) is 13.9. The lowest BCUT2D eigenvalue weighted by Crippen LogP contribution is -1.98. The highest BCUT2D eigenvalue weighted by Gasteiger charge is 2.19. The van der Waals surface area contributed by atoms with Crippen molar-refractivity contribution in [3.63, 3.8) is 0 Å². The molecule has 0 spiro atoms. The summed E-state index contributed by atoms with van der Waals surface area (Å²) in [4.78, 5) is 5.23. The summed E-state index contributed by atoms with van der Waals surface area (Å²) >= 11 is 0. The van der Waals surface area contributed by atoms with Crippen molar-refractivity contribution < 1.29 is 0 Å². The van der Waals surface area contributed by atoms with Gasteiger partial charge in [0.15, 0.2) is 0 Å². The average molecular weight is 675 g/mol. The maximum Gasteiger partial charge on any atom is 0.145 e. The van der Waals surface area contributed by atoms with E-state index in [0.717, 1.165) is 28.1 Å². The van der Waals surface area contributed by atoms with Crippen molar-refractivity contribution >= 4 is 32.6 Å². The fraction of sp³-hybridized carbons (Fsp3) is 0. The highest BCUT2D eigenvalue weighted by molar-refractivity contribution is 6.21. The first-order chi connectivity index (χ1) is 26.3. The SMILES string of the molecule is c1ccc(-c2ccc(-c3c4ccccc4c(-c4cccc(-n5c(-c6cccc(-c7ccccc7)c6)nc6ccccc65)c4)c4ccccc34)cc2)cc1. The molecule has 0 radical (unpaired) electrons. The third-order valence-electron chi connectivity index (χ3n) is 10.4. The summed E-state index contributed by atoms with van der Waals surface area (Å²) in [5, 5.41) is 4.95. The van der Waals surface area contributed by atoms with E-state index < -0.39 is 0 Å². The Morgan fingerprint density at radius 2 is 0.755 bits per heavy atom. The Morgan fingerprint density at radius 1 is 0.302 bits per heavy atom. The van der Waals surface area contributed by atoms with Gasteiger partial charge in [-0.25, -0.2) is 4.98 Å². The Morgan fingerprint density at radius 3 is 1.42 bits per heavy atom. The van der Waals surface area contributed by atoms with E-state index in [1.54, 1.807) is 0 Å². The second-order valence-electron chi connectivity index (χ2n) is 13.5. The van der Waals surface area contributed by atoms with E-state index in [2.05, 4.69) is 211 Å². The van der Waals surface area contributed by atoms with Crippen molar-refractivity contribution in [2.24, 2.45) is 0 Å². The summed E-state index contributed by atoms with van der Waals surface area (Å²) in [6, 6.07) is 74.0. The minimum atomic E-state index is 0.921. The lowest BCUT2D eigenvalue weighted by Gasteiger charge is -2.19. The lowest BCUT2D eigenvalue weighted by atomic mass is 9.85. The number of benzene rings is 9. The van der Waals surface area contributed by atoms with Crippen LogP contribution in [-0.2, 0) is 0 Å². The molecule has 0 fully saturated rings. The van der Waals surface area contributed by atoms with Gasteiger partial charge in [-0.1, -0.05) is 176 Å². The number of fused-ring (bicyclic) bond motifs is 3. The predicted octanol–water partition coefficient (Wildman–Crippen LogP) is 13.7. The molecule has 0 N–H and O–H groups in total. The molecule has 0 aliphatic carbocycles. The number of aromatic nitrogens is 2. The third kappa shape index (κ3) is 5.40. The van der Waals surface area contributed by atoms with E-state index in [-0.39, 0.29) is 0 Å². The smallest absolute Gasteiger partial charge is 0.145 e. The van der Waals surface area contributed by atoms with Crippen molar-refractivity contribution in [3.05, 3.63) is 206 Å². The summed E-state index contributed by atoms with van der Waals surface area (Å²) in [5.74, 6) is 0.921. The predicted molar refractivity (Wildman–Crippen MR) is 223 cm³/mol. The molecule has 0 saturated heterocycles. The summed E-state index contributed by atoms with van der Waals surface area (Å²) in [6.45, 7) is 0. The van der Waals surface area contributed by atoms with Crippen LogP contribution >= 0.6 is 0 Å². The fourth-order valence-corrected chi connectivity index (χ4v) is 7.96. The zero-order chi connectivity index (χ0) is 35.1. The van der Waals surface area contributed by atoms with E-state index in [0.29, 0.717) is 0 Å². The maximum absolute atomic E-state index is 5.23. The lowest BCUT2D eigenvalue weighted by molar-refractivity contribution is 1.10. The summed E-state index contributed by atoms with van der Waals surface area (Å²) < 4.78 is 2.32. The van der Waals surface area contributed by atoms with Gasteiger partial charge in [0.05, 0.1) is 11.0 Å². The van der Waals surface area contributed by atoms with Crippen LogP contribution < -0.4 is 0 Å². The van der Waals surface area contributed by atoms with Crippen molar-refractivity contribution in [3.8, 4) is 61.6 Å². The highest BCUT2D eigenvalue weighted by atomic mass is 15.1. The van der Waals surface area contributed by atoms with Gasteiger partial charge in [-0.3, -0.25) is 4.57 Å². The molecule has 2 heteroatoms. The molecule has 0 aliphatic heterocycles. The van der Waals surface area contributed by atoms with E-state index in [9.17, 15) is 0 Å². The molecule has 0 aliphatic rings. The Kier molecular flexibility index (Phi) is 7.51. The average Bonchev–Trinajstić information content (AvgIpc) is 3.63.